The number of hydrogen-bond acceptors (Lipinski definition) is 12. The molecule has 0 saturated carbocycles. The van der Waals surface area contributed by atoms with Crippen molar-refractivity contribution < 1.29 is 104 Å². The van der Waals surface area contributed by atoms with Crippen molar-refractivity contribution in [2.45, 2.75) is 16.1 Å². The van der Waals surface area contributed by atoms with Crippen LogP contribution < -0.4 is 42.9 Å². The molecule has 0 radical (unpaired) electrons. The van der Waals surface area contributed by atoms with E-state index in [4.69, 9.17) is 33.0 Å². The summed E-state index contributed by atoms with van der Waals surface area (Å²) in [5.74, 6) is -6.98. The molecule has 1 aromatic heterocycles. The Morgan fingerprint density at radius 3 is 2.09 bits per heavy atom. The molecular formula is C28H29F7IN7O9PS3-. The molecule has 4 heterocycles. The highest BCUT2D eigenvalue weighted by Crippen LogP contribution is 2.41. The number of nitrogens with one attached hydrogen (secondary N) is 1. The Hall–Kier alpha value is -3.03. The van der Waals surface area contributed by atoms with Gasteiger partial charge in [0.15, 0.2) is 35.1 Å². The van der Waals surface area contributed by atoms with E-state index in [0.717, 1.165) is 68.8 Å². The molecule has 3 saturated heterocycles. The first kappa shape index (κ1) is 47.3. The van der Waals surface area contributed by atoms with Crippen LogP contribution in [0.2, 0.25) is 0 Å². The van der Waals surface area contributed by atoms with Gasteiger partial charge < -0.3 is 51.6 Å². The number of benzene rings is 2. The molecular weight excluding hydrogens is 965 g/mol. The second-order valence-corrected chi connectivity index (χ2v) is 18.5. The molecule has 6 rings (SSSR count). The van der Waals surface area contributed by atoms with Crippen molar-refractivity contribution in [1.29, 1.82) is 5.26 Å². The van der Waals surface area contributed by atoms with Crippen LogP contribution in [0.5, 0.6) is 11.5 Å². The maximum atomic E-state index is 15.5. The fourth-order valence-corrected chi connectivity index (χ4v) is 9.83. The van der Waals surface area contributed by atoms with E-state index in [1.807, 2.05) is 0 Å². The molecule has 56 heavy (non-hydrogen) atoms. The summed E-state index contributed by atoms with van der Waals surface area (Å²) in [5, 5.41) is 11.7. The molecule has 0 amide bonds. The summed E-state index contributed by atoms with van der Waals surface area (Å²) in [4.78, 5) is 15.1. The van der Waals surface area contributed by atoms with Crippen molar-refractivity contribution in [3.05, 3.63) is 63.5 Å². The lowest BCUT2D eigenvalue weighted by molar-refractivity contribution is -1.08. The zero-order chi connectivity index (χ0) is 41.0. The predicted molar refractivity (Wildman–Crippen MR) is 176 cm³/mol. The Kier molecular flexibility index (Phi) is 15.4. The van der Waals surface area contributed by atoms with E-state index in [0.29, 0.717) is 29.7 Å². The van der Waals surface area contributed by atoms with Crippen molar-refractivity contribution in [3.8, 4) is 17.6 Å². The van der Waals surface area contributed by atoms with Gasteiger partial charge in [-0.15, -0.1) is 11.3 Å². The fraction of sp³-hybridized carbons (Fsp3) is 0.464. The van der Waals surface area contributed by atoms with Gasteiger partial charge in [0.1, 0.15) is 74.3 Å². The third-order valence-electron chi connectivity index (χ3n) is 8.95. The largest absolute Gasteiger partial charge is 1.00 e. The Labute approximate surface area is 335 Å². The van der Waals surface area contributed by atoms with Crippen LogP contribution in [0.3, 0.4) is 0 Å². The van der Waals surface area contributed by atoms with Crippen LogP contribution in [0.15, 0.2) is 33.6 Å². The zero-order valence-corrected chi connectivity index (χ0v) is 33.8. The van der Waals surface area contributed by atoms with Crippen LogP contribution in [-0.2, 0) is 24.7 Å². The molecule has 3 aliphatic rings. The van der Waals surface area contributed by atoms with E-state index in [1.165, 1.54) is 0 Å². The van der Waals surface area contributed by atoms with Crippen LogP contribution in [-0.4, -0.2) is 108 Å². The normalized spacial score (nSPS) is 20.4. The van der Waals surface area contributed by atoms with Gasteiger partial charge in [-0.2, -0.15) is 22.8 Å². The molecule has 2 bridgehead atoms. The summed E-state index contributed by atoms with van der Waals surface area (Å²) in [6, 6.07) is 4.83. The topological polar surface area (TPSA) is 235 Å². The third kappa shape index (κ3) is 11.3. The first-order chi connectivity index (χ1) is 25.5. The number of rotatable bonds is 14. The van der Waals surface area contributed by atoms with E-state index < -0.39 is 88.6 Å². The SMILES string of the molecule is N#Cc1ccc(OP(=O)([O-])CNS(=O)(=O)c2cc3c(F)c(F)c(OCC[N+]45CC[N+](CCCN=[N+]=[N-])(CC4)CC5)c(F)c3s2)cc1F.O=S(=O)([O-])C(F)(F)F.[I-]. The van der Waals surface area contributed by atoms with Gasteiger partial charge in [-0.05, 0) is 23.7 Å². The summed E-state index contributed by atoms with van der Waals surface area (Å²) in [6.07, 6.45) is -0.522. The first-order valence-corrected chi connectivity index (χ1v) is 21.1. The minimum absolute atomic E-state index is 0. The molecule has 3 aliphatic heterocycles. The van der Waals surface area contributed by atoms with Gasteiger partial charge in [0.05, 0.1) is 23.1 Å². The van der Waals surface area contributed by atoms with Gasteiger partial charge in [0.2, 0.25) is 5.82 Å². The molecule has 3 aromatic rings. The van der Waals surface area contributed by atoms with Gasteiger partial charge in [-0.3, -0.25) is 4.57 Å². The predicted octanol–water partition coefficient (Wildman–Crippen LogP) is 0.993. The molecule has 16 nitrogen and oxygen atoms in total. The minimum Gasteiger partial charge on any atom is -1.00 e. The lowest BCUT2D eigenvalue weighted by Gasteiger charge is -2.55. The molecule has 2 aromatic carbocycles. The number of fused-ring (bicyclic) bond motifs is 4. The number of thiophene rings is 1. The number of nitrogens with zero attached hydrogens (tertiary/aromatic N) is 6. The molecule has 0 aliphatic carbocycles. The van der Waals surface area contributed by atoms with E-state index in [-0.39, 0.29) is 47.5 Å². The number of sulfonamides is 1. The molecule has 28 heteroatoms. The Bertz CT molecular complexity index is 2290. The van der Waals surface area contributed by atoms with Crippen molar-refractivity contribution in [2.75, 3.05) is 71.8 Å². The number of azide groups is 1. The van der Waals surface area contributed by atoms with Crippen LogP contribution in [0.4, 0.5) is 30.7 Å². The molecule has 1 N–H and O–H groups in total. The van der Waals surface area contributed by atoms with Gasteiger partial charge in [0.25, 0.3) is 10.0 Å². The summed E-state index contributed by atoms with van der Waals surface area (Å²) in [6.45, 7) is 6.86. The number of quaternary nitrogens is 2. The quantitative estimate of drug-likeness (QED) is 0.0206. The van der Waals surface area contributed by atoms with Crippen molar-refractivity contribution in [1.82, 2.24) is 4.72 Å². The highest BCUT2D eigenvalue weighted by atomic mass is 127. The van der Waals surface area contributed by atoms with Crippen molar-refractivity contribution in [2.24, 2.45) is 5.11 Å². The van der Waals surface area contributed by atoms with Crippen LogP contribution in [0, 0.1) is 34.6 Å². The van der Waals surface area contributed by atoms with E-state index >= 15 is 8.78 Å². The number of hydrogen-bond donors (Lipinski definition) is 1. The highest BCUT2D eigenvalue weighted by Gasteiger charge is 2.48. The number of alkyl halides is 3. The Balaban J connectivity index is 0.000000843. The van der Waals surface area contributed by atoms with E-state index in [1.54, 1.807) is 10.8 Å². The van der Waals surface area contributed by atoms with Crippen molar-refractivity contribution >= 4 is 49.2 Å². The van der Waals surface area contributed by atoms with Gasteiger partial charge >= 0.3 is 5.51 Å². The minimum atomic E-state index is -6.09. The lowest BCUT2D eigenvalue weighted by Crippen LogP contribution is -3.00. The van der Waals surface area contributed by atoms with Gasteiger partial charge in [0, 0.05) is 29.3 Å². The van der Waals surface area contributed by atoms with Crippen LogP contribution >= 0.6 is 18.9 Å². The second kappa shape index (κ2) is 18.3. The second-order valence-electron chi connectivity index (χ2n) is 12.4. The number of halogens is 8. The number of nitriles is 1. The average molecular weight is 995 g/mol. The molecule has 1 unspecified atom stereocenters. The summed E-state index contributed by atoms with van der Waals surface area (Å²) in [5.41, 5.74) is 2.46. The van der Waals surface area contributed by atoms with E-state index in [2.05, 4.69) is 10.0 Å². The summed E-state index contributed by atoms with van der Waals surface area (Å²) < 4.78 is 168. The lowest BCUT2D eigenvalue weighted by atomic mass is 10.1. The zero-order valence-electron chi connectivity index (χ0n) is 28.3. The molecule has 1 atom stereocenters. The number of ether oxygens (including phenoxy) is 1. The third-order valence-corrected chi connectivity index (χ3v) is 13.8. The highest BCUT2D eigenvalue weighted by molar-refractivity contribution is 7.92. The Morgan fingerprint density at radius 1 is 1.00 bits per heavy atom. The van der Waals surface area contributed by atoms with E-state index in [9.17, 15) is 39.8 Å². The maximum absolute atomic E-state index is 15.5. The standard InChI is InChI=1S/C27H29F4N7O6PS2.CHF3O3S.HI/c28-21-14-19(3-2-18(21)16-32)44-45(39,40)17-35-47(41,42)22-15-20-23(29)24(30)26(25(31)27(20)46-22)43-13-12-38-9-6-37(7-10-38,8-11-38)5-1-4-34-36-33;2-1(3,4)8(5,6)7;/h2-3,14-15,35H,1,4-13,17H2;(H,5,6,7);1H/q+1;;/p-2. The smallest absolute Gasteiger partial charge is 0.485 e. The summed E-state index contributed by atoms with van der Waals surface area (Å²) in [7, 11) is -15.8. The summed E-state index contributed by atoms with van der Waals surface area (Å²) >= 11 is 0.252. The van der Waals surface area contributed by atoms with Crippen molar-refractivity contribution in [3.63, 3.8) is 0 Å². The molecule has 0 spiro atoms. The Morgan fingerprint density at radius 2 is 1.57 bits per heavy atom. The van der Waals surface area contributed by atoms with Crippen LogP contribution in [0.1, 0.15) is 12.0 Å². The fourth-order valence-electron chi connectivity index (χ4n) is 5.92. The monoisotopic (exact) mass is 994 g/mol. The van der Waals surface area contributed by atoms with Crippen LogP contribution in [0.25, 0.3) is 20.5 Å². The molecule has 3 fully saturated rings. The average Bonchev–Trinajstić information content (AvgIpc) is 3.58. The maximum Gasteiger partial charge on any atom is 0.485 e. The first-order valence-electron chi connectivity index (χ1n) is 15.6. The number of piperazine rings is 3. The van der Waals surface area contributed by atoms with Gasteiger partial charge in [-0.25, -0.2) is 34.7 Å². The van der Waals surface area contributed by atoms with Gasteiger partial charge in [-0.1, -0.05) is 5.11 Å². The molecule has 310 valence electrons.